The van der Waals surface area contributed by atoms with Crippen LogP contribution in [-0.4, -0.2) is 96.7 Å². The Kier molecular flexibility index (Phi) is 76.1. The maximum absolute atomic E-state index is 13.1. The molecule has 0 radical (unpaired) electrons. The highest BCUT2D eigenvalue weighted by atomic mass is 31.2. The number of phosphoric acid groups is 2. The molecule has 0 aromatic heterocycles. The fraction of sp³-hybridized carbons (Fsp3) is 0.770. The number of ether oxygens (including phenoxy) is 4. The molecule has 0 heterocycles. The highest BCUT2D eigenvalue weighted by Gasteiger charge is 2.30. The first-order valence-electron chi connectivity index (χ1n) is 42.5. The van der Waals surface area contributed by atoms with Crippen LogP contribution in [0.25, 0.3) is 0 Å². The van der Waals surface area contributed by atoms with Crippen molar-refractivity contribution in [2.45, 2.75) is 393 Å². The normalized spacial score (nSPS) is 14.3. The Balaban J connectivity index is 5.37. The molecule has 0 fully saturated rings. The molecule has 0 aliphatic carbocycles. The summed E-state index contributed by atoms with van der Waals surface area (Å²) in [5, 5.41) is 10.7. The molecule has 0 saturated carbocycles. The molecule has 0 saturated heterocycles. The molecule has 0 aromatic rings. The Labute approximate surface area is 646 Å². The lowest BCUT2D eigenvalue weighted by Crippen LogP contribution is -2.30. The average Bonchev–Trinajstić information content (AvgIpc) is 0.902. The average molecular weight is 1530 g/mol. The third kappa shape index (κ3) is 78.1. The Hall–Kier alpha value is -4.02. The molecule has 0 amide bonds. The molecule has 17 nitrogen and oxygen atoms in total. The van der Waals surface area contributed by atoms with Crippen molar-refractivity contribution >= 4 is 39.5 Å². The van der Waals surface area contributed by atoms with Crippen molar-refractivity contribution in [3.63, 3.8) is 0 Å². The number of aliphatic hydroxyl groups excluding tert-OH is 1. The predicted molar refractivity (Wildman–Crippen MR) is 436 cm³/mol. The zero-order valence-electron chi connectivity index (χ0n) is 67.3. The van der Waals surface area contributed by atoms with Gasteiger partial charge in [-0.25, -0.2) is 9.13 Å². The van der Waals surface area contributed by atoms with Crippen molar-refractivity contribution in [2.75, 3.05) is 39.6 Å². The molecule has 106 heavy (non-hydrogen) atoms. The van der Waals surface area contributed by atoms with Crippen molar-refractivity contribution in [2.24, 2.45) is 0 Å². The molecule has 0 aliphatic rings. The third-order valence-electron chi connectivity index (χ3n) is 18.1. The number of phosphoric ester groups is 2. The molecular formula is C87H154O17P2. The summed E-state index contributed by atoms with van der Waals surface area (Å²) < 4.78 is 68.8. The van der Waals surface area contributed by atoms with Gasteiger partial charge in [-0.15, -0.1) is 0 Å². The maximum Gasteiger partial charge on any atom is 0.472 e. The summed E-state index contributed by atoms with van der Waals surface area (Å²) >= 11 is 0. The highest BCUT2D eigenvalue weighted by molar-refractivity contribution is 7.47. The van der Waals surface area contributed by atoms with Gasteiger partial charge in [0.25, 0.3) is 0 Å². The predicted octanol–water partition coefficient (Wildman–Crippen LogP) is 25.1. The topological polar surface area (TPSA) is 237 Å². The molecule has 5 unspecified atom stereocenters. The molecule has 614 valence electrons. The molecule has 3 N–H and O–H groups in total. The quantitative estimate of drug-likeness (QED) is 0.0169. The van der Waals surface area contributed by atoms with Gasteiger partial charge in [-0.05, 0) is 103 Å². The van der Waals surface area contributed by atoms with Crippen molar-refractivity contribution in [3.8, 4) is 0 Å². The van der Waals surface area contributed by atoms with E-state index in [-0.39, 0.29) is 25.7 Å². The number of esters is 4. The number of hydrogen-bond acceptors (Lipinski definition) is 15. The second-order valence-electron chi connectivity index (χ2n) is 28.4. The van der Waals surface area contributed by atoms with Crippen molar-refractivity contribution < 1.29 is 80.2 Å². The van der Waals surface area contributed by atoms with Crippen LogP contribution in [0.2, 0.25) is 0 Å². The van der Waals surface area contributed by atoms with Gasteiger partial charge in [-0.1, -0.05) is 343 Å². The van der Waals surface area contributed by atoms with Gasteiger partial charge >= 0.3 is 39.5 Å². The van der Waals surface area contributed by atoms with E-state index in [0.717, 1.165) is 161 Å². The summed E-state index contributed by atoms with van der Waals surface area (Å²) in [7, 11) is -9.97. The lowest BCUT2D eigenvalue weighted by Gasteiger charge is -2.21. The zero-order chi connectivity index (χ0) is 77.4. The maximum atomic E-state index is 13.1. The second kappa shape index (κ2) is 79.1. The zero-order valence-corrected chi connectivity index (χ0v) is 69.1. The molecule has 5 atom stereocenters. The fourth-order valence-electron chi connectivity index (χ4n) is 11.7. The molecule has 0 spiro atoms. The summed E-state index contributed by atoms with van der Waals surface area (Å²) in [6, 6.07) is 0. The lowest BCUT2D eigenvalue weighted by molar-refractivity contribution is -0.161. The number of aliphatic hydroxyl groups is 1. The van der Waals surface area contributed by atoms with E-state index < -0.39 is 97.5 Å². The van der Waals surface area contributed by atoms with Crippen LogP contribution in [0.5, 0.6) is 0 Å². The van der Waals surface area contributed by atoms with Crippen LogP contribution in [-0.2, 0) is 65.4 Å². The summed E-state index contributed by atoms with van der Waals surface area (Å²) in [6.45, 7) is 4.69. The second-order valence-corrected chi connectivity index (χ2v) is 31.3. The van der Waals surface area contributed by atoms with Gasteiger partial charge in [-0.3, -0.25) is 37.3 Å². The minimum atomic E-state index is -4.99. The first kappa shape index (κ1) is 102. The Morgan fingerprint density at radius 2 is 0.491 bits per heavy atom. The number of carbonyl (C=O) groups excluding carboxylic acids is 4. The first-order chi connectivity index (χ1) is 51.7. The smallest absolute Gasteiger partial charge is 0.462 e. The first-order valence-corrected chi connectivity index (χ1v) is 45.5. The van der Waals surface area contributed by atoms with E-state index in [4.69, 9.17) is 37.0 Å². The van der Waals surface area contributed by atoms with Crippen LogP contribution in [0.1, 0.15) is 374 Å². The molecule has 0 aliphatic heterocycles. The monoisotopic (exact) mass is 1530 g/mol. The van der Waals surface area contributed by atoms with Gasteiger partial charge in [-0.2, -0.15) is 0 Å². The molecule has 0 rings (SSSR count). The van der Waals surface area contributed by atoms with Crippen LogP contribution >= 0.6 is 15.6 Å². The minimum Gasteiger partial charge on any atom is -0.462 e. The lowest BCUT2D eigenvalue weighted by atomic mass is 10.0. The van der Waals surface area contributed by atoms with E-state index in [9.17, 15) is 43.2 Å². The Bertz CT molecular complexity index is 2380. The van der Waals surface area contributed by atoms with E-state index >= 15 is 0 Å². The van der Waals surface area contributed by atoms with Gasteiger partial charge < -0.3 is 33.8 Å². The Morgan fingerprint density at radius 1 is 0.274 bits per heavy atom. The molecule has 19 heteroatoms. The molecule has 0 aromatic carbocycles. The van der Waals surface area contributed by atoms with E-state index in [2.05, 4.69) is 125 Å². The fourth-order valence-corrected chi connectivity index (χ4v) is 13.3. The van der Waals surface area contributed by atoms with E-state index in [1.54, 1.807) is 0 Å². The minimum absolute atomic E-state index is 0.0637. The van der Waals surface area contributed by atoms with Crippen molar-refractivity contribution in [3.05, 3.63) is 97.2 Å². The largest absolute Gasteiger partial charge is 0.472 e. The number of rotatable bonds is 80. The standard InChI is InChI=1S/C87H154O17P2/c1-5-9-13-17-21-25-29-33-37-39-40-42-45-48-52-56-60-64-68-72-85(90)98-78-83(104-87(92)74-70-66-62-58-54-50-46-41-38-34-30-26-22-18-14-10-6-2)80-102-106(95,96)100-76-81(88)75-99-105(93,94)101-79-82(103-86(91)73-69-65-61-57-53-49-44-36-32-28-24-20-16-12-8-4)77-97-84(89)71-67-63-59-55-51-47-43-35-31-27-23-19-15-11-7-3/h9-10,13-14,21-22,25-26,33-34,37-38,40,42,46,50,81-83,88H,5-8,11-12,15-20,23-24,27-32,35-36,39,41,43-45,47-49,51-80H2,1-4H3,(H,93,94)(H,95,96)/b13-9-,14-10-,25-21-,26-22-,37-33-,38-34-,42-40-,50-46-. The van der Waals surface area contributed by atoms with Gasteiger partial charge in [0.05, 0.1) is 26.4 Å². The number of allylic oxidation sites excluding steroid dienone is 16. The van der Waals surface area contributed by atoms with Gasteiger partial charge in [0, 0.05) is 25.7 Å². The number of unbranched alkanes of at least 4 members (excludes halogenated alkanes) is 38. The van der Waals surface area contributed by atoms with Crippen LogP contribution in [0, 0.1) is 0 Å². The summed E-state index contributed by atoms with van der Waals surface area (Å²) in [5.74, 6) is -2.19. The molecule has 0 bridgehead atoms. The van der Waals surface area contributed by atoms with Crippen LogP contribution in [0.3, 0.4) is 0 Å². The van der Waals surface area contributed by atoms with Crippen molar-refractivity contribution in [1.29, 1.82) is 0 Å². The molecular weight excluding hydrogens is 1380 g/mol. The Morgan fingerprint density at radius 3 is 0.755 bits per heavy atom. The van der Waals surface area contributed by atoms with Crippen LogP contribution in [0.4, 0.5) is 0 Å². The highest BCUT2D eigenvalue weighted by Crippen LogP contribution is 2.45. The van der Waals surface area contributed by atoms with E-state index in [0.29, 0.717) is 25.7 Å². The van der Waals surface area contributed by atoms with Crippen LogP contribution < -0.4 is 0 Å². The van der Waals surface area contributed by atoms with E-state index in [1.165, 1.54) is 135 Å². The number of carbonyl (C=O) groups is 4. The van der Waals surface area contributed by atoms with Crippen molar-refractivity contribution in [1.82, 2.24) is 0 Å². The van der Waals surface area contributed by atoms with Crippen LogP contribution in [0.15, 0.2) is 97.2 Å². The van der Waals surface area contributed by atoms with Gasteiger partial charge in [0.2, 0.25) is 0 Å². The summed E-state index contributed by atoms with van der Waals surface area (Å²) in [4.78, 5) is 73.2. The van der Waals surface area contributed by atoms with Gasteiger partial charge in [0.1, 0.15) is 19.3 Å². The third-order valence-corrected chi connectivity index (χ3v) is 20.0. The summed E-state index contributed by atoms with van der Waals surface area (Å²) in [5.41, 5.74) is 0. The summed E-state index contributed by atoms with van der Waals surface area (Å²) in [6.07, 6.45) is 85.1. The number of hydrogen-bond donors (Lipinski definition) is 3. The van der Waals surface area contributed by atoms with Gasteiger partial charge in [0.15, 0.2) is 12.2 Å². The van der Waals surface area contributed by atoms with E-state index in [1.807, 2.05) is 0 Å². The SMILES string of the molecule is CC/C=C\C/C=C\C/C=C\C/C=C\CCCCCCCCC(=O)OCC(COP(=O)(O)OCC(O)COP(=O)(O)OCC(COC(=O)CCCCCCCCCCCCCCCCC)OC(=O)CCCCCCCCCCCCCCCCC)OC(=O)CCCCCC/C=C\C/C=C\C/C=C\C/C=C\CC.